The Morgan fingerprint density at radius 2 is 2.20 bits per heavy atom. The normalized spacial score (nSPS) is 17.9. The summed E-state index contributed by atoms with van der Waals surface area (Å²) in [4.78, 5) is 0. The smallest absolute Gasteiger partial charge is 0.0635 e. The van der Waals surface area contributed by atoms with Gasteiger partial charge in [-0.15, -0.1) is 0 Å². The molecule has 1 unspecified atom stereocenters. The first-order valence-corrected chi connectivity index (χ1v) is 8.00. The van der Waals surface area contributed by atoms with E-state index in [1.807, 2.05) is 6.20 Å². The lowest BCUT2D eigenvalue weighted by atomic mass is 9.95. The van der Waals surface area contributed by atoms with E-state index in [4.69, 9.17) is 0 Å². The molecule has 0 fully saturated rings. The molecule has 106 valence electrons. The highest BCUT2D eigenvalue weighted by atomic mass is 79.9. The lowest BCUT2D eigenvalue weighted by Crippen LogP contribution is -2.29. The van der Waals surface area contributed by atoms with Crippen LogP contribution in [-0.2, 0) is 12.8 Å². The van der Waals surface area contributed by atoms with E-state index in [1.54, 1.807) is 0 Å². The zero-order valence-electron chi connectivity index (χ0n) is 11.9. The molecule has 0 bridgehead atoms. The van der Waals surface area contributed by atoms with E-state index in [-0.39, 0.29) is 0 Å². The predicted molar refractivity (Wildman–Crippen MR) is 86.2 cm³/mol. The van der Waals surface area contributed by atoms with Gasteiger partial charge in [-0.05, 0) is 54.2 Å². The molecular weight excluding hydrogens is 314 g/mol. The summed E-state index contributed by atoms with van der Waals surface area (Å²) in [5.41, 5.74) is 4.01. The Kier molecular flexibility index (Phi) is 3.83. The summed E-state index contributed by atoms with van der Waals surface area (Å²) in [6.07, 6.45) is 5.24. The van der Waals surface area contributed by atoms with E-state index < -0.39 is 0 Å². The predicted octanol–water partition coefficient (Wildman–Crippen LogP) is 4.20. The number of aromatic nitrogens is 2. The van der Waals surface area contributed by atoms with Crippen molar-refractivity contribution in [2.45, 2.75) is 45.2 Å². The number of rotatable bonds is 3. The standard InChI is InChI=1S/C16H20BrN3/c1-11(2)20-16(14(17)10-18-20)9-13-8-7-12-5-3-4-6-15(12)19-13/h3-6,10-11,13,19H,7-9H2,1-2H3. The Morgan fingerprint density at radius 1 is 1.40 bits per heavy atom. The van der Waals surface area contributed by atoms with Crippen LogP contribution in [0.1, 0.15) is 37.6 Å². The van der Waals surface area contributed by atoms with Gasteiger partial charge in [0.15, 0.2) is 0 Å². The van der Waals surface area contributed by atoms with Crippen molar-refractivity contribution in [2.75, 3.05) is 5.32 Å². The summed E-state index contributed by atoms with van der Waals surface area (Å²) >= 11 is 3.63. The van der Waals surface area contributed by atoms with Crippen LogP contribution >= 0.6 is 15.9 Å². The molecule has 3 rings (SSSR count). The molecule has 1 aliphatic heterocycles. The van der Waals surface area contributed by atoms with Crippen molar-refractivity contribution in [1.82, 2.24) is 9.78 Å². The second-order valence-corrected chi connectivity index (χ2v) is 6.57. The zero-order valence-corrected chi connectivity index (χ0v) is 13.5. The molecule has 2 heterocycles. The minimum atomic E-state index is 0.396. The SMILES string of the molecule is CC(C)n1ncc(Br)c1CC1CCc2ccccc2N1. The number of fused-ring (bicyclic) bond motifs is 1. The molecule has 1 aliphatic rings. The highest BCUT2D eigenvalue weighted by molar-refractivity contribution is 9.10. The molecule has 1 aromatic carbocycles. The molecule has 2 aromatic rings. The van der Waals surface area contributed by atoms with Gasteiger partial charge in [0, 0.05) is 24.2 Å². The van der Waals surface area contributed by atoms with Crippen LogP contribution in [-0.4, -0.2) is 15.8 Å². The second-order valence-electron chi connectivity index (χ2n) is 5.72. The molecule has 3 nitrogen and oxygen atoms in total. The van der Waals surface area contributed by atoms with Gasteiger partial charge in [-0.25, -0.2) is 0 Å². The highest BCUT2D eigenvalue weighted by Gasteiger charge is 2.21. The molecule has 0 radical (unpaired) electrons. The lowest BCUT2D eigenvalue weighted by molar-refractivity contribution is 0.492. The maximum absolute atomic E-state index is 4.47. The fraction of sp³-hybridized carbons (Fsp3) is 0.438. The van der Waals surface area contributed by atoms with E-state index in [2.05, 4.69) is 69.1 Å². The summed E-state index contributed by atoms with van der Waals surface area (Å²) in [6, 6.07) is 9.49. The van der Waals surface area contributed by atoms with E-state index in [1.165, 1.54) is 23.4 Å². The first-order chi connectivity index (χ1) is 9.65. The van der Waals surface area contributed by atoms with Crippen LogP contribution < -0.4 is 5.32 Å². The number of aryl methyl sites for hydroxylation is 1. The Morgan fingerprint density at radius 3 is 3.00 bits per heavy atom. The van der Waals surface area contributed by atoms with Gasteiger partial charge in [0.05, 0.1) is 16.4 Å². The Bertz CT molecular complexity index is 604. The van der Waals surface area contributed by atoms with E-state index in [0.717, 1.165) is 17.3 Å². The van der Waals surface area contributed by atoms with Crippen LogP contribution in [0.4, 0.5) is 5.69 Å². The van der Waals surface area contributed by atoms with Gasteiger partial charge >= 0.3 is 0 Å². The third kappa shape index (κ3) is 2.62. The summed E-state index contributed by atoms with van der Waals surface area (Å²) in [5.74, 6) is 0. The van der Waals surface area contributed by atoms with Gasteiger partial charge in [0.25, 0.3) is 0 Å². The monoisotopic (exact) mass is 333 g/mol. The van der Waals surface area contributed by atoms with Crippen LogP contribution in [0.5, 0.6) is 0 Å². The van der Waals surface area contributed by atoms with Gasteiger partial charge < -0.3 is 5.32 Å². The molecule has 20 heavy (non-hydrogen) atoms. The molecule has 0 saturated carbocycles. The fourth-order valence-electron chi connectivity index (χ4n) is 2.89. The number of para-hydroxylation sites is 1. The van der Waals surface area contributed by atoms with Crippen molar-refractivity contribution >= 4 is 21.6 Å². The largest absolute Gasteiger partial charge is 0.382 e. The fourth-order valence-corrected chi connectivity index (χ4v) is 3.33. The molecule has 0 saturated heterocycles. The van der Waals surface area contributed by atoms with Crippen LogP contribution in [0.25, 0.3) is 0 Å². The van der Waals surface area contributed by atoms with Crippen LogP contribution in [0.3, 0.4) is 0 Å². The summed E-state index contributed by atoms with van der Waals surface area (Å²) in [5, 5.41) is 8.13. The number of anilines is 1. The molecule has 1 atom stereocenters. The van der Waals surface area contributed by atoms with Gasteiger partial charge in [-0.3, -0.25) is 4.68 Å². The van der Waals surface area contributed by atoms with Gasteiger partial charge in [-0.1, -0.05) is 18.2 Å². The van der Waals surface area contributed by atoms with Gasteiger partial charge in [0.2, 0.25) is 0 Å². The Hall–Kier alpha value is -1.29. The van der Waals surface area contributed by atoms with Crippen molar-refractivity contribution in [1.29, 1.82) is 0 Å². The average molecular weight is 334 g/mol. The van der Waals surface area contributed by atoms with Crippen molar-refractivity contribution < 1.29 is 0 Å². The zero-order chi connectivity index (χ0) is 14.1. The molecule has 0 aliphatic carbocycles. The summed E-state index contributed by atoms with van der Waals surface area (Å²) < 4.78 is 3.23. The quantitative estimate of drug-likeness (QED) is 0.912. The minimum Gasteiger partial charge on any atom is -0.382 e. The average Bonchev–Trinajstić information content (AvgIpc) is 2.80. The van der Waals surface area contributed by atoms with Crippen molar-refractivity contribution in [3.8, 4) is 0 Å². The topological polar surface area (TPSA) is 29.9 Å². The highest BCUT2D eigenvalue weighted by Crippen LogP contribution is 2.28. The Balaban J connectivity index is 1.79. The summed E-state index contributed by atoms with van der Waals surface area (Å²) in [7, 11) is 0. The Labute approximate surface area is 128 Å². The first kappa shape index (κ1) is 13.7. The van der Waals surface area contributed by atoms with E-state index in [0.29, 0.717) is 12.1 Å². The second kappa shape index (κ2) is 5.60. The molecule has 1 aromatic heterocycles. The third-order valence-electron chi connectivity index (χ3n) is 3.92. The lowest BCUT2D eigenvalue weighted by Gasteiger charge is -2.27. The number of hydrogen-bond acceptors (Lipinski definition) is 2. The number of nitrogens with zero attached hydrogens (tertiary/aromatic N) is 2. The molecule has 0 amide bonds. The maximum atomic E-state index is 4.47. The number of hydrogen-bond donors (Lipinski definition) is 1. The van der Waals surface area contributed by atoms with Crippen LogP contribution in [0.2, 0.25) is 0 Å². The van der Waals surface area contributed by atoms with Crippen LogP contribution in [0.15, 0.2) is 34.9 Å². The van der Waals surface area contributed by atoms with E-state index in [9.17, 15) is 0 Å². The molecule has 4 heteroatoms. The number of nitrogens with one attached hydrogen (secondary N) is 1. The number of halogens is 1. The van der Waals surface area contributed by atoms with Crippen LogP contribution in [0, 0.1) is 0 Å². The van der Waals surface area contributed by atoms with Gasteiger partial charge in [0.1, 0.15) is 0 Å². The first-order valence-electron chi connectivity index (χ1n) is 7.21. The van der Waals surface area contributed by atoms with Crippen molar-refractivity contribution in [2.24, 2.45) is 0 Å². The van der Waals surface area contributed by atoms with Gasteiger partial charge in [-0.2, -0.15) is 5.10 Å². The maximum Gasteiger partial charge on any atom is 0.0635 e. The summed E-state index contributed by atoms with van der Waals surface area (Å²) in [6.45, 7) is 4.35. The van der Waals surface area contributed by atoms with Crippen molar-refractivity contribution in [3.05, 3.63) is 46.2 Å². The van der Waals surface area contributed by atoms with Crippen molar-refractivity contribution in [3.63, 3.8) is 0 Å². The van der Waals surface area contributed by atoms with E-state index >= 15 is 0 Å². The molecule has 0 spiro atoms. The number of benzene rings is 1. The molecular formula is C16H20BrN3. The minimum absolute atomic E-state index is 0.396. The molecule has 1 N–H and O–H groups in total. The third-order valence-corrected chi connectivity index (χ3v) is 4.58.